The molecule has 1 aromatic rings. The highest BCUT2D eigenvalue weighted by molar-refractivity contribution is 7.95. The molecule has 0 aromatic heterocycles. The number of hydrogen-bond donors (Lipinski definition) is 3. The Bertz CT molecular complexity index is 850. The Morgan fingerprint density at radius 1 is 0.923 bits per heavy atom. The zero-order valence-electron chi connectivity index (χ0n) is 13.6. The molecule has 0 unspecified atom stereocenters. The van der Waals surface area contributed by atoms with Crippen LogP contribution in [0.15, 0.2) is 48.2 Å². The molecule has 0 saturated heterocycles. The van der Waals surface area contributed by atoms with Crippen LogP contribution < -0.4 is 10.6 Å². The third-order valence-corrected chi connectivity index (χ3v) is 5.35. The van der Waals surface area contributed by atoms with E-state index in [9.17, 15) is 31.5 Å². The van der Waals surface area contributed by atoms with Crippen LogP contribution in [0.3, 0.4) is 0 Å². The van der Waals surface area contributed by atoms with Crippen molar-refractivity contribution in [1.29, 1.82) is 0 Å². The van der Waals surface area contributed by atoms with Gasteiger partial charge in [0, 0.05) is 10.8 Å². The van der Waals surface area contributed by atoms with Gasteiger partial charge in [0.15, 0.2) is 19.7 Å². The fourth-order valence-electron chi connectivity index (χ4n) is 1.76. The van der Waals surface area contributed by atoms with E-state index < -0.39 is 49.2 Å². The van der Waals surface area contributed by atoms with Gasteiger partial charge in [0.1, 0.15) is 23.4 Å². The quantitative estimate of drug-likeness (QED) is 0.482. The second-order valence-electron chi connectivity index (χ2n) is 5.11. The summed E-state index contributed by atoms with van der Waals surface area (Å²) in [6.45, 7) is 6.18. The van der Waals surface area contributed by atoms with E-state index in [-0.39, 0.29) is 11.3 Å². The summed E-state index contributed by atoms with van der Waals surface area (Å²) >= 11 is 0. The number of nitrogens with one attached hydrogen (secondary N) is 2. The first-order chi connectivity index (χ1) is 12.0. The Labute approximate surface area is 151 Å². The highest BCUT2D eigenvalue weighted by atomic mass is 32.2. The summed E-state index contributed by atoms with van der Waals surface area (Å²) in [5.41, 5.74) is 0.288. The topological polar surface area (TPSA) is 147 Å². The molecule has 1 aromatic carbocycles. The summed E-state index contributed by atoms with van der Waals surface area (Å²) in [5.74, 6) is -3.74. The van der Waals surface area contributed by atoms with Gasteiger partial charge >= 0.3 is 0 Å². The molecule has 0 spiro atoms. The maximum absolute atomic E-state index is 11.9. The normalized spacial score (nSPS) is 11.6. The van der Waals surface area contributed by atoms with Crippen LogP contribution >= 0.6 is 0 Å². The van der Waals surface area contributed by atoms with Crippen molar-refractivity contribution >= 4 is 31.5 Å². The molecule has 26 heavy (non-hydrogen) atoms. The number of rotatable bonds is 9. The second kappa shape index (κ2) is 8.63. The van der Waals surface area contributed by atoms with E-state index in [1.165, 1.54) is 24.3 Å². The van der Waals surface area contributed by atoms with Crippen LogP contribution in [0.4, 0.5) is 0 Å². The Hall–Kier alpha value is -2.66. The lowest BCUT2D eigenvalue weighted by molar-refractivity contribution is -0.121. The molecule has 9 nitrogen and oxygen atoms in total. The van der Waals surface area contributed by atoms with Crippen molar-refractivity contribution in [2.45, 2.75) is 6.17 Å². The van der Waals surface area contributed by atoms with Crippen molar-refractivity contribution in [3.63, 3.8) is 0 Å². The maximum atomic E-state index is 11.9. The van der Waals surface area contributed by atoms with Crippen LogP contribution in [0, 0.1) is 0 Å². The number of aromatic hydroxyl groups is 1. The number of carbonyl (C=O) groups excluding carboxylic acids is 2. The number of sulfone groups is 2. The molecule has 0 aliphatic rings. The fourth-order valence-corrected chi connectivity index (χ4v) is 2.89. The molecule has 142 valence electrons. The summed E-state index contributed by atoms with van der Waals surface area (Å²) in [6.07, 6.45) is -1.21. The van der Waals surface area contributed by atoms with Crippen molar-refractivity contribution in [2.24, 2.45) is 0 Å². The van der Waals surface area contributed by atoms with Gasteiger partial charge in [0.2, 0.25) is 11.8 Å². The lowest BCUT2D eigenvalue weighted by Gasteiger charge is -2.20. The number of phenolic OH excluding ortho intramolecular Hbond substituents is 1. The first-order valence-electron chi connectivity index (χ1n) is 7.06. The van der Waals surface area contributed by atoms with E-state index in [2.05, 4.69) is 23.8 Å². The van der Waals surface area contributed by atoms with Gasteiger partial charge in [-0.25, -0.2) is 16.8 Å². The standard InChI is InChI=1S/C15H18N2O7S2/c1-3-25(21,22)9-13(19)16-15(11-5-7-12(18)8-6-11)17-14(20)10-26(23,24)4-2/h3-8,15,18H,1-2,9-10H2,(H,16,19)(H,17,20). The summed E-state index contributed by atoms with van der Waals surface area (Å²) in [4.78, 5) is 23.8. The molecule has 0 saturated carbocycles. The van der Waals surface area contributed by atoms with Crippen molar-refractivity contribution in [3.05, 3.63) is 53.8 Å². The molecule has 0 atom stereocenters. The van der Waals surface area contributed by atoms with E-state index >= 15 is 0 Å². The summed E-state index contributed by atoms with van der Waals surface area (Å²) in [5, 5.41) is 15.1. The highest BCUT2D eigenvalue weighted by Gasteiger charge is 2.22. The molecule has 1 rings (SSSR count). The molecule has 0 fully saturated rings. The smallest absolute Gasteiger partial charge is 0.237 e. The van der Waals surface area contributed by atoms with E-state index in [0.717, 1.165) is 0 Å². The minimum Gasteiger partial charge on any atom is -0.508 e. The first kappa shape index (κ1) is 21.4. The number of benzene rings is 1. The molecule has 2 amide bonds. The Morgan fingerprint density at radius 2 is 1.31 bits per heavy atom. The molecule has 0 radical (unpaired) electrons. The van der Waals surface area contributed by atoms with Crippen LogP contribution in [-0.4, -0.2) is 45.3 Å². The number of hydrogen-bond acceptors (Lipinski definition) is 7. The third kappa shape index (κ3) is 7.07. The third-order valence-electron chi connectivity index (χ3n) is 3.01. The minimum absolute atomic E-state index is 0.0753. The first-order valence-corrected chi connectivity index (χ1v) is 10.5. The lowest BCUT2D eigenvalue weighted by atomic mass is 10.1. The molecule has 0 aliphatic carbocycles. The number of phenols is 1. The largest absolute Gasteiger partial charge is 0.508 e. The van der Waals surface area contributed by atoms with Crippen LogP contribution in [0.1, 0.15) is 11.7 Å². The SMILES string of the molecule is C=CS(=O)(=O)CC(=O)NC(NC(=O)CS(=O)(=O)C=C)c1ccc(O)cc1. The van der Waals surface area contributed by atoms with Gasteiger partial charge in [0.25, 0.3) is 0 Å². The monoisotopic (exact) mass is 402 g/mol. The van der Waals surface area contributed by atoms with Crippen molar-refractivity contribution in [1.82, 2.24) is 10.6 Å². The molecule has 0 aliphatic heterocycles. The molecule has 11 heteroatoms. The van der Waals surface area contributed by atoms with Crippen LogP contribution in [0.25, 0.3) is 0 Å². The van der Waals surface area contributed by atoms with E-state index in [4.69, 9.17) is 0 Å². The fraction of sp³-hybridized carbons (Fsp3) is 0.200. The Balaban J connectivity index is 3.01. The molecule has 3 N–H and O–H groups in total. The van der Waals surface area contributed by atoms with E-state index in [1.54, 1.807) is 0 Å². The summed E-state index contributed by atoms with van der Waals surface area (Å²) in [6, 6.07) is 5.29. The average Bonchev–Trinajstić information content (AvgIpc) is 2.54. The van der Waals surface area contributed by atoms with Crippen LogP contribution in [0.5, 0.6) is 5.75 Å². The molecule has 0 bridgehead atoms. The maximum Gasteiger partial charge on any atom is 0.237 e. The predicted molar refractivity (Wildman–Crippen MR) is 95.1 cm³/mol. The van der Waals surface area contributed by atoms with Gasteiger partial charge in [-0.2, -0.15) is 0 Å². The lowest BCUT2D eigenvalue weighted by Crippen LogP contribution is -2.44. The molecule has 0 heterocycles. The summed E-state index contributed by atoms with van der Waals surface area (Å²) < 4.78 is 45.7. The van der Waals surface area contributed by atoms with Crippen LogP contribution in [-0.2, 0) is 29.3 Å². The number of carbonyl (C=O) groups is 2. The predicted octanol–water partition coefficient (Wildman–Crippen LogP) is -0.260. The second-order valence-corrected chi connectivity index (χ2v) is 9.00. The molecular weight excluding hydrogens is 384 g/mol. The average molecular weight is 402 g/mol. The molecular formula is C15H18N2O7S2. The van der Waals surface area contributed by atoms with Crippen LogP contribution in [0.2, 0.25) is 0 Å². The van der Waals surface area contributed by atoms with Gasteiger partial charge < -0.3 is 15.7 Å². The highest BCUT2D eigenvalue weighted by Crippen LogP contribution is 2.15. The van der Waals surface area contributed by atoms with Crippen molar-refractivity contribution in [2.75, 3.05) is 11.5 Å². The van der Waals surface area contributed by atoms with Gasteiger partial charge in [-0.1, -0.05) is 25.3 Å². The summed E-state index contributed by atoms with van der Waals surface area (Å²) in [7, 11) is -7.65. The zero-order chi connectivity index (χ0) is 20.0. The van der Waals surface area contributed by atoms with E-state index in [0.29, 0.717) is 10.8 Å². The van der Waals surface area contributed by atoms with Crippen molar-refractivity contribution in [3.8, 4) is 5.75 Å². The number of amides is 2. The van der Waals surface area contributed by atoms with E-state index in [1.807, 2.05) is 0 Å². The Morgan fingerprint density at radius 3 is 1.65 bits per heavy atom. The zero-order valence-corrected chi connectivity index (χ0v) is 15.2. The van der Waals surface area contributed by atoms with Gasteiger partial charge in [-0.3, -0.25) is 9.59 Å². The van der Waals surface area contributed by atoms with Gasteiger partial charge in [-0.05, 0) is 17.7 Å². The Kier molecular flexibility index (Phi) is 7.10. The van der Waals surface area contributed by atoms with Gasteiger partial charge in [-0.15, -0.1) is 0 Å². The van der Waals surface area contributed by atoms with Gasteiger partial charge in [0.05, 0.1) is 0 Å². The minimum atomic E-state index is -3.82. The van der Waals surface area contributed by atoms with Crippen molar-refractivity contribution < 1.29 is 31.5 Å².